The van der Waals surface area contributed by atoms with Crippen LogP contribution in [-0.4, -0.2) is 42.9 Å². The van der Waals surface area contributed by atoms with Gasteiger partial charge in [0.25, 0.3) is 0 Å². The highest BCUT2D eigenvalue weighted by Crippen LogP contribution is 2.17. The molecule has 2 aromatic rings. The summed E-state index contributed by atoms with van der Waals surface area (Å²) in [6.45, 7) is 5.33. The smallest absolute Gasteiger partial charge is 0.235 e. The maximum atomic E-state index is 12.1. The van der Waals surface area contributed by atoms with Gasteiger partial charge in [0, 0.05) is 18.8 Å². The molecule has 1 aliphatic heterocycles. The normalized spacial score (nSPS) is 14.4. The molecule has 0 radical (unpaired) electrons. The van der Waals surface area contributed by atoms with Crippen molar-refractivity contribution in [1.29, 1.82) is 0 Å². The van der Waals surface area contributed by atoms with Gasteiger partial charge in [-0.2, -0.15) is 0 Å². The molecule has 132 valence electrons. The van der Waals surface area contributed by atoms with E-state index in [2.05, 4.69) is 40.3 Å². The van der Waals surface area contributed by atoms with E-state index in [1.54, 1.807) is 18.0 Å². The van der Waals surface area contributed by atoms with Crippen LogP contribution in [-0.2, 0) is 15.3 Å². The average Bonchev–Trinajstić information content (AvgIpc) is 2.63. The Kier molecular flexibility index (Phi) is 6.30. The number of amides is 1. The van der Waals surface area contributed by atoms with Crippen molar-refractivity contribution < 1.29 is 9.53 Å². The molecule has 1 aliphatic rings. The summed E-state index contributed by atoms with van der Waals surface area (Å²) in [6.07, 6.45) is 1.81. The zero-order valence-electron chi connectivity index (χ0n) is 14.4. The van der Waals surface area contributed by atoms with Crippen molar-refractivity contribution in [3.05, 3.63) is 53.7 Å². The second-order valence-electron chi connectivity index (χ2n) is 6.03. The fraction of sp³-hybridized carbons (Fsp3) is 0.368. The Bertz CT molecular complexity index is 700. The molecule has 5 nitrogen and oxygen atoms in total. The Morgan fingerprint density at radius 2 is 2.12 bits per heavy atom. The van der Waals surface area contributed by atoms with E-state index >= 15 is 0 Å². The van der Waals surface area contributed by atoms with Crippen LogP contribution in [0.1, 0.15) is 11.1 Å². The first-order chi connectivity index (χ1) is 12.2. The maximum Gasteiger partial charge on any atom is 0.235 e. The number of aryl methyl sites for hydroxylation is 1. The van der Waals surface area contributed by atoms with Crippen LogP contribution >= 0.6 is 11.8 Å². The van der Waals surface area contributed by atoms with Crippen LogP contribution in [0.5, 0.6) is 0 Å². The minimum atomic E-state index is -0.0238. The van der Waals surface area contributed by atoms with Crippen LogP contribution in [0.4, 0.5) is 11.5 Å². The van der Waals surface area contributed by atoms with E-state index in [-0.39, 0.29) is 5.91 Å². The number of pyridine rings is 1. The quantitative estimate of drug-likeness (QED) is 0.861. The van der Waals surface area contributed by atoms with Gasteiger partial charge in [-0.05, 0) is 24.6 Å². The van der Waals surface area contributed by atoms with E-state index in [0.717, 1.165) is 37.7 Å². The molecule has 0 unspecified atom stereocenters. The number of hydrogen-bond acceptors (Lipinski definition) is 5. The lowest BCUT2D eigenvalue weighted by Gasteiger charge is -2.28. The summed E-state index contributed by atoms with van der Waals surface area (Å²) >= 11 is 1.61. The van der Waals surface area contributed by atoms with Crippen molar-refractivity contribution in [2.24, 2.45) is 0 Å². The minimum Gasteiger partial charge on any atom is -0.378 e. The minimum absolute atomic E-state index is 0.0238. The molecule has 1 N–H and O–H groups in total. The lowest BCUT2D eigenvalue weighted by atomic mass is 10.2. The van der Waals surface area contributed by atoms with E-state index in [9.17, 15) is 4.79 Å². The zero-order valence-corrected chi connectivity index (χ0v) is 15.2. The van der Waals surface area contributed by atoms with E-state index in [1.165, 1.54) is 11.1 Å². The molecule has 1 fully saturated rings. The monoisotopic (exact) mass is 357 g/mol. The summed E-state index contributed by atoms with van der Waals surface area (Å²) in [4.78, 5) is 18.6. The Morgan fingerprint density at radius 1 is 1.28 bits per heavy atom. The largest absolute Gasteiger partial charge is 0.378 e. The SMILES string of the molecule is Cc1cccc(CSCC(=O)Nc2ccc(N3CCOCC3)cn2)c1. The molecule has 2 heterocycles. The van der Waals surface area contributed by atoms with Gasteiger partial charge in [-0.25, -0.2) is 4.98 Å². The highest BCUT2D eigenvalue weighted by atomic mass is 32.2. The third-order valence-corrected chi connectivity index (χ3v) is 4.98. The molecule has 0 saturated carbocycles. The average molecular weight is 357 g/mol. The van der Waals surface area contributed by atoms with Gasteiger partial charge in [0.15, 0.2) is 0 Å². The summed E-state index contributed by atoms with van der Waals surface area (Å²) in [5.41, 5.74) is 3.55. The van der Waals surface area contributed by atoms with Crippen molar-refractivity contribution in [2.75, 3.05) is 42.3 Å². The van der Waals surface area contributed by atoms with E-state index in [4.69, 9.17) is 4.74 Å². The number of ether oxygens (including phenoxy) is 1. The second kappa shape index (κ2) is 8.87. The zero-order chi connectivity index (χ0) is 17.5. The van der Waals surface area contributed by atoms with E-state index in [0.29, 0.717) is 11.6 Å². The van der Waals surface area contributed by atoms with Gasteiger partial charge >= 0.3 is 0 Å². The topological polar surface area (TPSA) is 54.5 Å². The van der Waals surface area contributed by atoms with Gasteiger partial charge in [0.2, 0.25) is 5.91 Å². The maximum absolute atomic E-state index is 12.1. The van der Waals surface area contributed by atoms with Gasteiger partial charge < -0.3 is 15.0 Å². The molecule has 1 aromatic heterocycles. The third kappa shape index (κ3) is 5.47. The van der Waals surface area contributed by atoms with Gasteiger partial charge in [-0.1, -0.05) is 29.8 Å². The predicted octanol–water partition coefficient (Wildman–Crippen LogP) is 3.10. The number of morpholine rings is 1. The Labute approximate surface area is 152 Å². The number of nitrogens with one attached hydrogen (secondary N) is 1. The fourth-order valence-electron chi connectivity index (χ4n) is 2.71. The first-order valence-electron chi connectivity index (χ1n) is 8.42. The number of nitrogens with zero attached hydrogens (tertiary/aromatic N) is 2. The molecule has 1 aromatic carbocycles. The predicted molar refractivity (Wildman–Crippen MR) is 103 cm³/mol. The van der Waals surface area contributed by atoms with E-state index < -0.39 is 0 Å². The number of anilines is 2. The van der Waals surface area contributed by atoms with Gasteiger partial charge in [0.05, 0.1) is 30.9 Å². The number of thioether (sulfide) groups is 1. The number of carbonyl (C=O) groups excluding carboxylic acids is 1. The molecular formula is C19H23N3O2S. The number of rotatable bonds is 6. The number of aromatic nitrogens is 1. The molecule has 0 spiro atoms. The molecule has 1 saturated heterocycles. The van der Waals surface area contributed by atoms with Crippen LogP contribution in [0.3, 0.4) is 0 Å². The molecule has 3 rings (SSSR count). The van der Waals surface area contributed by atoms with Crippen LogP contribution < -0.4 is 10.2 Å². The summed E-state index contributed by atoms with van der Waals surface area (Å²) in [5.74, 6) is 1.82. The summed E-state index contributed by atoms with van der Waals surface area (Å²) in [7, 11) is 0. The van der Waals surface area contributed by atoms with Crippen molar-refractivity contribution in [3.8, 4) is 0 Å². The molecule has 1 amide bonds. The lowest BCUT2D eigenvalue weighted by Crippen LogP contribution is -2.36. The molecule has 0 aliphatic carbocycles. The van der Waals surface area contributed by atoms with Gasteiger partial charge in [0.1, 0.15) is 5.82 Å². The lowest BCUT2D eigenvalue weighted by molar-refractivity contribution is -0.113. The second-order valence-corrected chi connectivity index (χ2v) is 7.02. The van der Waals surface area contributed by atoms with Crippen LogP contribution in [0.15, 0.2) is 42.6 Å². The molecule has 6 heteroatoms. The molecule has 0 atom stereocenters. The number of hydrogen-bond donors (Lipinski definition) is 1. The highest BCUT2D eigenvalue weighted by Gasteiger charge is 2.11. The molecular weight excluding hydrogens is 334 g/mol. The van der Waals surface area contributed by atoms with Crippen molar-refractivity contribution >= 4 is 29.2 Å². The van der Waals surface area contributed by atoms with Gasteiger partial charge in [-0.15, -0.1) is 11.8 Å². The Balaban J connectivity index is 1.44. The van der Waals surface area contributed by atoms with Crippen LogP contribution in [0.25, 0.3) is 0 Å². The number of carbonyl (C=O) groups is 1. The van der Waals surface area contributed by atoms with Crippen LogP contribution in [0.2, 0.25) is 0 Å². The Hall–Kier alpha value is -2.05. The summed E-state index contributed by atoms with van der Waals surface area (Å²) < 4.78 is 5.35. The van der Waals surface area contributed by atoms with E-state index in [1.807, 2.05) is 18.2 Å². The fourth-order valence-corrected chi connectivity index (χ4v) is 3.49. The van der Waals surface area contributed by atoms with Gasteiger partial charge in [-0.3, -0.25) is 4.79 Å². The summed E-state index contributed by atoms with van der Waals surface area (Å²) in [6, 6.07) is 12.2. The highest BCUT2D eigenvalue weighted by molar-refractivity contribution is 7.99. The van der Waals surface area contributed by atoms with Crippen molar-refractivity contribution in [1.82, 2.24) is 4.98 Å². The van der Waals surface area contributed by atoms with Crippen LogP contribution in [0, 0.1) is 6.92 Å². The Morgan fingerprint density at radius 3 is 2.84 bits per heavy atom. The van der Waals surface area contributed by atoms with Crippen molar-refractivity contribution in [2.45, 2.75) is 12.7 Å². The third-order valence-electron chi connectivity index (χ3n) is 3.98. The van der Waals surface area contributed by atoms with Crippen molar-refractivity contribution in [3.63, 3.8) is 0 Å². The summed E-state index contributed by atoms with van der Waals surface area (Å²) in [5, 5.41) is 2.86. The standard InChI is InChI=1S/C19H23N3O2S/c1-15-3-2-4-16(11-15)13-25-14-19(23)21-18-6-5-17(12-20-18)22-7-9-24-10-8-22/h2-6,11-12H,7-10,13-14H2,1H3,(H,20,21,23). The molecule has 0 bridgehead atoms. The molecule has 25 heavy (non-hydrogen) atoms. The first-order valence-corrected chi connectivity index (χ1v) is 9.58. The number of benzene rings is 1. The first kappa shape index (κ1) is 17.8.